The molecule has 0 saturated heterocycles. The number of para-hydroxylation sites is 1. The summed E-state index contributed by atoms with van der Waals surface area (Å²) in [4.78, 5) is 2.01. The molecule has 1 aromatic rings. The number of benzene rings is 1. The van der Waals surface area contributed by atoms with Crippen LogP contribution in [0.3, 0.4) is 0 Å². The maximum atomic E-state index is 5.28. The average molecular weight is 220 g/mol. The minimum Gasteiger partial charge on any atom is -0.365 e. The zero-order valence-corrected chi connectivity index (χ0v) is 10.1. The van der Waals surface area contributed by atoms with E-state index in [0.29, 0.717) is 5.11 Å². The molecule has 0 aromatic heterocycles. The second-order valence-electron chi connectivity index (χ2n) is 3.16. The maximum Gasteiger partial charge on any atom is 0.177 e. The van der Waals surface area contributed by atoms with Crippen molar-refractivity contribution in [2.45, 2.75) is 13.8 Å². The number of allylic oxidation sites excluding steroid dienone is 2. The Hall–Kier alpha value is -1.35. The topological polar surface area (TPSA) is 15.3 Å². The van der Waals surface area contributed by atoms with Crippen molar-refractivity contribution in [1.29, 1.82) is 0 Å². The van der Waals surface area contributed by atoms with Crippen LogP contribution in [0.2, 0.25) is 0 Å². The molecule has 3 heteroatoms. The van der Waals surface area contributed by atoms with Crippen LogP contribution in [0.25, 0.3) is 0 Å². The number of anilines is 1. The molecule has 0 aliphatic heterocycles. The van der Waals surface area contributed by atoms with E-state index in [2.05, 4.69) is 5.32 Å². The van der Waals surface area contributed by atoms with Crippen molar-refractivity contribution in [3.8, 4) is 0 Å². The van der Waals surface area contributed by atoms with Gasteiger partial charge in [-0.05, 0) is 38.2 Å². The molecule has 0 aliphatic carbocycles. The highest BCUT2D eigenvalue weighted by molar-refractivity contribution is 7.80. The SMILES string of the molecule is CC=C(C)N(C(=S)NC)c1ccccc1. The van der Waals surface area contributed by atoms with Gasteiger partial charge < -0.3 is 5.32 Å². The van der Waals surface area contributed by atoms with E-state index >= 15 is 0 Å². The highest BCUT2D eigenvalue weighted by Crippen LogP contribution is 2.18. The minimum absolute atomic E-state index is 0.705. The third kappa shape index (κ3) is 2.80. The number of hydrogen-bond acceptors (Lipinski definition) is 1. The summed E-state index contributed by atoms with van der Waals surface area (Å²) < 4.78 is 0. The van der Waals surface area contributed by atoms with Crippen LogP contribution in [0, 0.1) is 0 Å². The van der Waals surface area contributed by atoms with Crippen molar-refractivity contribution in [2.24, 2.45) is 0 Å². The van der Waals surface area contributed by atoms with Crippen molar-refractivity contribution in [2.75, 3.05) is 11.9 Å². The van der Waals surface area contributed by atoms with E-state index in [0.717, 1.165) is 11.4 Å². The second-order valence-corrected chi connectivity index (χ2v) is 3.54. The van der Waals surface area contributed by atoms with E-state index in [-0.39, 0.29) is 0 Å². The second kappa shape index (κ2) is 5.51. The molecule has 2 nitrogen and oxygen atoms in total. The molecular formula is C12H16N2S. The molecule has 0 unspecified atom stereocenters. The first kappa shape index (κ1) is 11.7. The summed E-state index contributed by atoms with van der Waals surface area (Å²) in [5.41, 5.74) is 2.19. The highest BCUT2D eigenvalue weighted by Gasteiger charge is 2.11. The van der Waals surface area contributed by atoms with Crippen LogP contribution >= 0.6 is 12.2 Å². The van der Waals surface area contributed by atoms with E-state index in [1.807, 2.05) is 62.2 Å². The standard InChI is InChI=1S/C12H16N2S/c1-4-10(2)14(12(15)13-3)11-8-6-5-7-9-11/h4-9H,1-3H3,(H,13,15). The quantitative estimate of drug-likeness (QED) is 0.771. The summed E-state index contributed by atoms with van der Waals surface area (Å²) in [5, 5.41) is 3.70. The maximum absolute atomic E-state index is 5.28. The van der Waals surface area contributed by atoms with Gasteiger partial charge in [-0.2, -0.15) is 0 Å². The summed E-state index contributed by atoms with van der Waals surface area (Å²) in [7, 11) is 1.83. The first-order valence-corrected chi connectivity index (χ1v) is 5.31. The van der Waals surface area contributed by atoms with E-state index in [1.165, 1.54) is 0 Å². The molecule has 0 saturated carbocycles. The summed E-state index contributed by atoms with van der Waals surface area (Å²) in [5.74, 6) is 0. The molecule has 0 aliphatic rings. The Kier molecular flexibility index (Phi) is 4.31. The molecular weight excluding hydrogens is 204 g/mol. The van der Waals surface area contributed by atoms with Gasteiger partial charge in [0, 0.05) is 18.4 Å². The van der Waals surface area contributed by atoms with Crippen molar-refractivity contribution >= 4 is 23.0 Å². The first-order chi connectivity index (χ1) is 7.20. The van der Waals surface area contributed by atoms with Crippen LogP contribution in [0.5, 0.6) is 0 Å². The first-order valence-electron chi connectivity index (χ1n) is 4.90. The fraction of sp³-hybridized carbons (Fsp3) is 0.250. The van der Waals surface area contributed by atoms with Gasteiger partial charge in [0.05, 0.1) is 0 Å². The molecule has 0 bridgehead atoms. The van der Waals surface area contributed by atoms with Crippen LogP contribution in [0.1, 0.15) is 13.8 Å². The Morgan fingerprint density at radius 3 is 2.40 bits per heavy atom. The number of rotatable bonds is 2. The van der Waals surface area contributed by atoms with Crippen molar-refractivity contribution < 1.29 is 0 Å². The zero-order chi connectivity index (χ0) is 11.3. The predicted octanol–water partition coefficient (Wildman–Crippen LogP) is 2.92. The molecule has 0 radical (unpaired) electrons. The summed E-state index contributed by atoms with van der Waals surface area (Å²) in [6.07, 6.45) is 2.04. The van der Waals surface area contributed by atoms with Gasteiger partial charge >= 0.3 is 0 Å². The Bertz CT molecular complexity index is 357. The highest BCUT2D eigenvalue weighted by atomic mass is 32.1. The number of thiocarbonyl (C=S) groups is 1. The zero-order valence-electron chi connectivity index (χ0n) is 9.32. The van der Waals surface area contributed by atoms with Crippen LogP contribution in [-0.4, -0.2) is 12.2 Å². The lowest BCUT2D eigenvalue weighted by Crippen LogP contribution is -2.36. The van der Waals surface area contributed by atoms with Crippen molar-refractivity contribution in [1.82, 2.24) is 5.32 Å². The van der Waals surface area contributed by atoms with E-state index in [9.17, 15) is 0 Å². The molecule has 0 spiro atoms. The van der Waals surface area contributed by atoms with Crippen LogP contribution < -0.4 is 10.2 Å². The van der Waals surface area contributed by atoms with Crippen molar-refractivity contribution in [3.05, 3.63) is 42.1 Å². The lowest BCUT2D eigenvalue weighted by atomic mass is 10.2. The third-order valence-electron chi connectivity index (χ3n) is 2.20. The monoisotopic (exact) mass is 220 g/mol. The molecule has 0 heterocycles. The fourth-order valence-electron chi connectivity index (χ4n) is 1.30. The Labute approximate surface area is 96.6 Å². The summed E-state index contributed by atoms with van der Waals surface area (Å²) in [6.45, 7) is 4.04. The largest absolute Gasteiger partial charge is 0.365 e. The fourth-order valence-corrected chi connectivity index (χ4v) is 1.55. The molecule has 0 amide bonds. The van der Waals surface area contributed by atoms with Gasteiger partial charge in [0.15, 0.2) is 5.11 Å². The van der Waals surface area contributed by atoms with Crippen molar-refractivity contribution in [3.63, 3.8) is 0 Å². The van der Waals surface area contributed by atoms with Gasteiger partial charge in [0.1, 0.15) is 0 Å². The molecule has 0 atom stereocenters. The van der Waals surface area contributed by atoms with Gasteiger partial charge in [-0.3, -0.25) is 4.90 Å². The van der Waals surface area contributed by atoms with Gasteiger partial charge in [-0.25, -0.2) is 0 Å². The van der Waals surface area contributed by atoms with E-state index < -0.39 is 0 Å². The molecule has 1 aromatic carbocycles. The third-order valence-corrected chi connectivity index (χ3v) is 2.59. The Balaban J connectivity index is 3.08. The summed E-state index contributed by atoms with van der Waals surface area (Å²) in [6, 6.07) is 10.1. The Morgan fingerprint density at radius 2 is 1.93 bits per heavy atom. The Morgan fingerprint density at radius 1 is 1.33 bits per heavy atom. The lowest BCUT2D eigenvalue weighted by molar-refractivity contribution is 1.09. The van der Waals surface area contributed by atoms with Gasteiger partial charge in [0.25, 0.3) is 0 Å². The average Bonchev–Trinajstić information content (AvgIpc) is 2.30. The van der Waals surface area contributed by atoms with E-state index in [4.69, 9.17) is 12.2 Å². The smallest absolute Gasteiger partial charge is 0.177 e. The number of nitrogens with one attached hydrogen (secondary N) is 1. The van der Waals surface area contributed by atoms with Crippen LogP contribution in [0.4, 0.5) is 5.69 Å². The predicted molar refractivity (Wildman–Crippen MR) is 70.0 cm³/mol. The van der Waals surface area contributed by atoms with Gasteiger partial charge in [-0.15, -0.1) is 0 Å². The number of nitrogens with zero attached hydrogens (tertiary/aromatic N) is 1. The lowest BCUT2D eigenvalue weighted by Gasteiger charge is -2.25. The van der Waals surface area contributed by atoms with Crippen LogP contribution in [-0.2, 0) is 0 Å². The molecule has 1 N–H and O–H groups in total. The summed E-state index contributed by atoms with van der Waals surface area (Å²) >= 11 is 5.28. The van der Waals surface area contributed by atoms with Gasteiger partial charge in [-0.1, -0.05) is 24.3 Å². The van der Waals surface area contributed by atoms with Gasteiger partial charge in [0.2, 0.25) is 0 Å². The number of hydrogen-bond donors (Lipinski definition) is 1. The minimum atomic E-state index is 0.705. The van der Waals surface area contributed by atoms with Crippen LogP contribution in [0.15, 0.2) is 42.1 Å². The normalized spacial score (nSPS) is 11.0. The van der Waals surface area contributed by atoms with E-state index in [1.54, 1.807) is 0 Å². The molecule has 0 fully saturated rings. The molecule has 80 valence electrons. The molecule has 15 heavy (non-hydrogen) atoms. The molecule has 1 rings (SSSR count).